The lowest BCUT2D eigenvalue weighted by Gasteiger charge is -2.12. The third-order valence-corrected chi connectivity index (χ3v) is 3.30. The summed E-state index contributed by atoms with van der Waals surface area (Å²) in [4.78, 5) is 0. The number of hydrogen-bond acceptors (Lipinski definition) is 2. The van der Waals surface area contributed by atoms with E-state index in [-0.39, 0.29) is 5.75 Å². The van der Waals surface area contributed by atoms with E-state index in [1.54, 1.807) is 54.6 Å². The predicted octanol–water partition coefficient (Wildman–Crippen LogP) is 6.02. The Labute approximate surface area is 142 Å². The second-order valence-corrected chi connectivity index (χ2v) is 5.23. The van der Waals surface area contributed by atoms with Crippen LogP contribution in [0.1, 0.15) is 43.7 Å². The summed E-state index contributed by atoms with van der Waals surface area (Å²) in [6.45, 7) is 2.17. The summed E-state index contributed by atoms with van der Waals surface area (Å²) >= 11 is 5.38. The molecule has 0 aliphatic carbocycles. The van der Waals surface area contributed by atoms with Gasteiger partial charge >= 0.3 is 0 Å². The largest absolute Gasteiger partial charge is 0.455 e. The van der Waals surface area contributed by atoms with Gasteiger partial charge in [0.25, 0.3) is 6.36 Å². The number of ether oxygens (including phenoxy) is 1. The number of para-hydroxylation sites is 1. The van der Waals surface area contributed by atoms with Crippen molar-refractivity contribution >= 4 is 11.6 Å². The monoisotopic (exact) mass is 333 g/mol. The molecule has 0 heterocycles. The number of nitriles is 1. The van der Waals surface area contributed by atoms with Crippen LogP contribution in [0.5, 0.6) is 5.75 Å². The highest BCUT2D eigenvalue weighted by Gasteiger charge is 2.12. The molecule has 0 N–H and O–H groups in total. The number of hydrogen-bond donors (Lipinski definition) is 0. The molecule has 2 nitrogen and oxygen atoms in total. The van der Waals surface area contributed by atoms with Crippen LogP contribution in [0.25, 0.3) is 0 Å². The molecule has 0 fully saturated rings. The standard InChI is InChI=1S/C14H10FNO.C5H11Cl/c15-14(11-6-2-1-3-7-11)17-13-9-5-4-8-12(13)10-16;1-2-3-4-5-6/h1-9,14H;2-5H2,1H3. The van der Waals surface area contributed by atoms with E-state index < -0.39 is 6.36 Å². The van der Waals surface area contributed by atoms with Gasteiger partial charge in [0.2, 0.25) is 0 Å². The first-order valence-corrected chi connectivity index (χ1v) is 8.17. The van der Waals surface area contributed by atoms with Gasteiger partial charge in [-0.2, -0.15) is 9.65 Å². The summed E-state index contributed by atoms with van der Waals surface area (Å²) in [6.07, 6.45) is 2.17. The lowest BCUT2D eigenvalue weighted by molar-refractivity contribution is 0.0668. The van der Waals surface area contributed by atoms with Crippen LogP contribution in [-0.4, -0.2) is 5.88 Å². The van der Waals surface area contributed by atoms with Crippen molar-refractivity contribution in [2.45, 2.75) is 32.5 Å². The zero-order valence-corrected chi connectivity index (χ0v) is 14.0. The van der Waals surface area contributed by atoms with E-state index in [0.29, 0.717) is 11.1 Å². The van der Waals surface area contributed by atoms with E-state index in [0.717, 1.165) is 5.88 Å². The minimum absolute atomic E-state index is 0.256. The fourth-order valence-electron chi connectivity index (χ4n) is 1.79. The zero-order chi connectivity index (χ0) is 16.9. The van der Waals surface area contributed by atoms with Crippen LogP contribution in [-0.2, 0) is 0 Å². The minimum Gasteiger partial charge on any atom is -0.455 e. The molecule has 2 aromatic rings. The van der Waals surface area contributed by atoms with Gasteiger partial charge in [-0.3, -0.25) is 0 Å². The molecule has 0 amide bonds. The van der Waals surface area contributed by atoms with Gasteiger partial charge in [0.05, 0.1) is 5.56 Å². The number of halogens is 2. The number of benzene rings is 2. The normalized spacial score (nSPS) is 10.9. The van der Waals surface area contributed by atoms with E-state index >= 15 is 0 Å². The van der Waals surface area contributed by atoms with Crippen molar-refractivity contribution in [3.63, 3.8) is 0 Å². The maximum Gasteiger partial charge on any atom is 0.264 e. The van der Waals surface area contributed by atoms with Crippen molar-refractivity contribution in [2.75, 3.05) is 5.88 Å². The first-order chi connectivity index (χ1) is 11.2. The van der Waals surface area contributed by atoms with Gasteiger partial charge in [0.1, 0.15) is 11.8 Å². The minimum atomic E-state index is -1.56. The van der Waals surface area contributed by atoms with Crippen molar-refractivity contribution in [3.05, 3.63) is 65.7 Å². The topological polar surface area (TPSA) is 33.0 Å². The van der Waals surface area contributed by atoms with Gasteiger partial charge in [0.15, 0.2) is 0 Å². The van der Waals surface area contributed by atoms with E-state index in [2.05, 4.69) is 6.92 Å². The van der Waals surface area contributed by atoms with Crippen LogP contribution in [0.2, 0.25) is 0 Å². The summed E-state index contributed by atoms with van der Waals surface area (Å²) in [5.74, 6) is 1.08. The summed E-state index contributed by atoms with van der Waals surface area (Å²) in [5.41, 5.74) is 0.756. The van der Waals surface area contributed by atoms with E-state index in [1.165, 1.54) is 19.3 Å². The maximum atomic E-state index is 13.8. The van der Waals surface area contributed by atoms with E-state index in [9.17, 15) is 4.39 Å². The molecule has 23 heavy (non-hydrogen) atoms. The smallest absolute Gasteiger partial charge is 0.264 e. The number of unbranched alkanes of at least 4 members (excludes halogenated alkanes) is 2. The number of nitrogens with zero attached hydrogens (tertiary/aromatic N) is 1. The van der Waals surface area contributed by atoms with E-state index in [4.69, 9.17) is 21.6 Å². The van der Waals surface area contributed by atoms with Gasteiger partial charge in [0, 0.05) is 11.4 Å². The molecular formula is C19H21ClFNO. The molecule has 2 rings (SSSR count). The van der Waals surface area contributed by atoms with Crippen LogP contribution >= 0.6 is 11.6 Å². The van der Waals surface area contributed by atoms with Gasteiger partial charge in [-0.15, -0.1) is 11.6 Å². The Morgan fingerprint density at radius 2 is 1.74 bits per heavy atom. The average Bonchev–Trinajstić information content (AvgIpc) is 2.61. The highest BCUT2D eigenvalue weighted by Crippen LogP contribution is 2.25. The molecule has 0 saturated carbocycles. The molecule has 1 unspecified atom stereocenters. The highest BCUT2D eigenvalue weighted by atomic mass is 35.5. The lowest BCUT2D eigenvalue weighted by Crippen LogP contribution is -2.02. The highest BCUT2D eigenvalue weighted by molar-refractivity contribution is 6.17. The molecule has 0 spiro atoms. The van der Waals surface area contributed by atoms with Crippen molar-refractivity contribution in [3.8, 4) is 11.8 Å². The first kappa shape index (κ1) is 19.0. The Balaban J connectivity index is 0.000000379. The van der Waals surface area contributed by atoms with Gasteiger partial charge in [-0.05, 0) is 18.6 Å². The molecule has 0 bridgehead atoms. The van der Waals surface area contributed by atoms with E-state index in [1.807, 2.05) is 6.07 Å². The Hall–Kier alpha value is -2.05. The Morgan fingerprint density at radius 1 is 1.09 bits per heavy atom. The number of rotatable bonds is 6. The molecule has 0 radical (unpaired) electrons. The second-order valence-electron chi connectivity index (χ2n) is 4.85. The van der Waals surface area contributed by atoms with Crippen molar-refractivity contribution in [1.82, 2.24) is 0 Å². The zero-order valence-electron chi connectivity index (χ0n) is 13.2. The molecule has 0 aliphatic rings. The number of alkyl halides is 2. The van der Waals surface area contributed by atoms with Gasteiger partial charge in [-0.25, -0.2) is 0 Å². The molecular weight excluding hydrogens is 313 g/mol. The third kappa shape index (κ3) is 7.17. The van der Waals surface area contributed by atoms with Gasteiger partial charge < -0.3 is 4.74 Å². The van der Waals surface area contributed by atoms with Crippen LogP contribution < -0.4 is 4.74 Å². The average molecular weight is 334 g/mol. The summed E-state index contributed by atoms with van der Waals surface area (Å²) < 4.78 is 18.9. The Kier molecular flexibility index (Phi) is 9.51. The third-order valence-electron chi connectivity index (χ3n) is 3.04. The molecule has 2 aromatic carbocycles. The predicted molar refractivity (Wildman–Crippen MR) is 92.3 cm³/mol. The molecule has 122 valence electrons. The quantitative estimate of drug-likeness (QED) is 0.478. The van der Waals surface area contributed by atoms with Gasteiger partial charge in [-0.1, -0.05) is 62.2 Å². The van der Waals surface area contributed by atoms with Crippen LogP contribution in [0.15, 0.2) is 54.6 Å². The summed E-state index contributed by atoms with van der Waals surface area (Å²) in [6, 6.07) is 17.1. The molecule has 0 saturated heterocycles. The summed E-state index contributed by atoms with van der Waals surface area (Å²) in [5, 5.41) is 8.85. The molecule has 4 heteroatoms. The summed E-state index contributed by atoms with van der Waals surface area (Å²) in [7, 11) is 0. The Bertz CT molecular complexity index is 594. The maximum absolute atomic E-state index is 13.8. The fourth-order valence-corrected chi connectivity index (χ4v) is 1.98. The SMILES string of the molecule is CCCCCCl.N#Cc1ccccc1OC(F)c1ccccc1. The van der Waals surface area contributed by atoms with Crippen molar-refractivity contribution in [1.29, 1.82) is 5.26 Å². The fraction of sp³-hybridized carbons (Fsp3) is 0.316. The second kappa shape index (κ2) is 11.5. The molecule has 0 aliphatic heterocycles. The van der Waals surface area contributed by atoms with Crippen LogP contribution in [0, 0.1) is 11.3 Å². The van der Waals surface area contributed by atoms with Crippen molar-refractivity contribution in [2.24, 2.45) is 0 Å². The van der Waals surface area contributed by atoms with Crippen molar-refractivity contribution < 1.29 is 9.13 Å². The lowest BCUT2D eigenvalue weighted by atomic mass is 10.2. The Morgan fingerprint density at radius 3 is 2.30 bits per heavy atom. The van der Waals surface area contributed by atoms with Crippen LogP contribution in [0.3, 0.4) is 0 Å². The molecule has 1 atom stereocenters. The van der Waals surface area contributed by atoms with Crippen LogP contribution in [0.4, 0.5) is 4.39 Å². The first-order valence-electron chi connectivity index (χ1n) is 7.63. The molecule has 0 aromatic heterocycles.